The Morgan fingerprint density at radius 1 is 1.39 bits per heavy atom. The van der Waals surface area contributed by atoms with Crippen LogP contribution in [0.25, 0.3) is 0 Å². The van der Waals surface area contributed by atoms with Gasteiger partial charge in [0.2, 0.25) is 0 Å². The zero-order valence-electron chi connectivity index (χ0n) is 11.0. The molecule has 0 bridgehead atoms. The lowest BCUT2D eigenvalue weighted by molar-refractivity contribution is 0.131. The molecule has 0 saturated heterocycles. The Labute approximate surface area is 114 Å². The maximum atomic E-state index is 10.1. The highest BCUT2D eigenvalue weighted by atomic mass is 35.5. The van der Waals surface area contributed by atoms with Crippen molar-refractivity contribution in [1.82, 2.24) is 0 Å². The molecule has 0 amide bonds. The standard InChI is InChI=1S/C13H21NO3.ClH/c1-4-17-10-7-5-6-9(11(10)16)12(14)13(2,3)8-15;/h5-7,12,15-16H,4,8,14H2,1-3H3;1H/t12-;/m0./s1. The fraction of sp³-hybridized carbons (Fsp3) is 0.538. The van der Waals surface area contributed by atoms with Gasteiger partial charge in [-0.15, -0.1) is 12.4 Å². The summed E-state index contributed by atoms with van der Waals surface area (Å²) in [6, 6.07) is 4.78. The molecule has 0 aliphatic carbocycles. The number of ether oxygens (including phenoxy) is 1. The number of aliphatic hydroxyl groups is 1. The molecule has 4 N–H and O–H groups in total. The minimum absolute atomic E-state index is 0. The van der Waals surface area contributed by atoms with E-state index in [0.717, 1.165) is 0 Å². The Morgan fingerprint density at radius 2 is 2.00 bits per heavy atom. The van der Waals surface area contributed by atoms with Crippen LogP contribution < -0.4 is 10.5 Å². The van der Waals surface area contributed by atoms with Gasteiger partial charge in [-0.2, -0.15) is 0 Å². The van der Waals surface area contributed by atoms with E-state index in [0.29, 0.717) is 17.9 Å². The second-order valence-corrected chi connectivity index (χ2v) is 4.75. The first kappa shape index (κ1) is 17.0. The third kappa shape index (κ3) is 3.51. The molecule has 0 saturated carbocycles. The van der Waals surface area contributed by atoms with E-state index >= 15 is 0 Å². The largest absolute Gasteiger partial charge is 0.504 e. The van der Waals surface area contributed by atoms with Crippen LogP contribution in [0.4, 0.5) is 0 Å². The van der Waals surface area contributed by atoms with Gasteiger partial charge in [0.25, 0.3) is 0 Å². The van der Waals surface area contributed by atoms with E-state index < -0.39 is 11.5 Å². The van der Waals surface area contributed by atoms with Gasteiger partial charge in [-0.05, 0) is 13.0 Å². The van der Waals surface area contributed by atoms with Crippen molar-refractivity contribution < 1.29 is 14.9 Å². The molecule has 4 nitrogen and oxygen atoms in total. The summed E-state index contributed by atoms with van der Waals surface area (Å²) in [5, 5.41) is 19.4. The van der Waals surface area contributed by atoms with Crippen molar-refractivity contribution in [2.75, 3.05) is 13.2 Å². The third-order valence-electron chi connectivity index (χ3n) is 2.91. The van der Waals surface area contributed by atoms with Crippen molar-refractivity contribution in [2.45, 2.75) is 26.8 Å². The fourth-order valence-corrected chi connectivity index (χ4v) is 1.58. The highest BCUT2D eigenvalue weighted by Gasteiger charge is 2.29. The van der Waals surface area contributed by atoms with Gasteiger partial charge < -0.3 is 20.7 Å². The second kappa shape index (κ2) is 6.83. The first-order chi connectivity index (χ1) is 7.94. The molecule has 1 atom stereocenters. The number of phenolic OH excluding ortho intramolecular Hbond substituents is 1. The number of hydrogen-bond acceptors (Lipinski definition) is 4. The van der Waals surface area contributed by atoms with Crippen LogP contribution in [0.15, 0.2) is 18.2 Å². The van der Waals surface area contributed by atoms with E-state index in [1.165, 1.54) is 0 Å². The molecule has 104 valence electrons. The van der Waals surface area contributed by atoms with Gasteiger partial charge in [0.1, 0.15) is 0 Å². The van der Waals surface area contributed by atoms with Gasteiger partial charge in [-0.25, -0.2) is 0 Å². The SMILES string of the molecule is CCOc1cccc([C@H](N)C(C)(C)CO)c1O.Cl. The summed E-state index contributed by atoms with van der Waals surface area (Å²) >= 11 is 0. The van der Waals surface area contributed by atoms with Crippen molar-refractivity contribution in [1.29, 1.82) is 0 Å². The lowest BCUT2D eigenvalue weighted by Gasteiger charge is -2.30. The number of benzene rings is 1. The first-order valence-electron chi connectivity index (χ1n) is 5.75. The molecule has 0 aromatic heterocycles. The Bertz CT molecular complexity index is 382. The molecule has 1 aromatic rings. The quantitative estimate of drug-likeness (QED) is 0.770. The average Bonchev–Trinajstić information content (AvgIpc) is 2.31. The van der Waals surface area contributed by atoms with Gasteiger partial charge in [0, 0.05) is 23.6 Å². The maximum absolute atomic E-state index is 10.1. The van der Waals surface area contributed by atoms with Gasteiger partial charge in [-0.3, -0.25) is 0 Å². The molecule has 0 unspecified atom stereocenters. The summed E-state index contributed by atoms with van der Waals surface area (Å²) in [5.74, 6) is 0.484. The van der Waals surface area contributed by atoms with Crippen LogP contribution in [0, 0.1) is 5.41 Å². The lowest BCUT2D eigenvalue weighted by Crippen LogP contribution is -2.32. The van der Waals surface area contributed by atoms with Crippen LogP contribution in [0.5, 0.6) is 11.5 Å². The molecular weight excluding hydrogens is 254 g/mol. The van der Waals surface area contributed by atoms with Gasteiger partial charge >= 0.3 is 0 Å². The highest BCUT2D eigenvalue weighted by Crippen LogP contribution is 2.39. The Kier molecular flexibility index (Phi) is 6.46. The van der Waals surface area contributed by atoms with Crippen LogP contribution in [0.3, 0.4) is 0 Å². The Balaban J connectivity index is 0.00000289. The Morgan fingerprint density at radius 3 is 2.50 bits per heavy atom. The minimum atomic E-state index is -0.498. The molecular formula is C13H22ClNO3. The van der Waals surface area contributed by atoms with Crippen molar-refractivity contribution in [3.63, 3.8) is 0 Å². The number of rotatable bonds is 5. The number of nitrogens with two attached hydrogens (primary N) is 1. The van der Waals surface area contributed by atoms with Crippen molar-refractivity contribution in [2.24, 2.45) is 11.1 Å². The van der Waals surface area contributed by atoms with E-state index in [2.05, 4.69) is 0 Å². The predicted molar refractivity (Wildman–Crippen MR) is 74.3 cm³/mol. The zero-order valence-corrected chi connectivity index (χ0v) is 11.8. The maximum Gasteiger partial charge on any atom is 0.162 e. The molecule has 0 aliphatic rings. The van der Waals surface area contributed by atoms with Crippen molar-refractivity contribution in [3.05, 3.63) is 23.8 Å². The molecule has 0 heterocycles. The molecule has 0 radical (unpaired) electrons. The van der Waals surface area contributed by atoms with Crippen LogP contribution in [-0.2, 0) is 0 Å². The third-order valence-corrected chi connectivity index (χ3v) is 2.91. The normalized spacial score (nSPS) is 12.7. The summed E-state index contributed by atoms with van der Waals surface area (Å²) in [5.41, 5.74) is 6.17. The number of phenols is 1. The monoisotopic (exact) mass is 275 g/mol. The van der Waals surface area contributed by atoms with Crippen LogP contribution in [-0.4, -0.2) is 23.4 Å². The summed E-state index contributed by atoms with van der Waals surface area (Å²) in [7, 11) is 0. The van der Waals surface area contributed by atoms with Crippen molar-refractivity contribution >= 4 is 12.4 Å². The van der Waals surface area contributed by atoms with E-state index in [1.54, 1.807) is 18.2 Å². The van der Waals surface area contributed by atoms with Crippen molar-refractivity contribution in [3.8, 4) is 11.5 Å². The number of hydrogen-bond donors (Lipinski definition) is 3. The molecule has 0 aliphatic heterocycles. The topological polar surface area (TPSA) is 75.7 Å². The minimum Gasteiger partial charge on any atom is -0.504 e. The fourth-order valence-electron chi connectivity index (χ4n) is 1.58. The molecule has 5 heteroatoms. The smallest absolute Gasteiger partial charge is 0.162 e. The van der Waals surface area contributed by atoms with E-state index in [4.69, 9.17) is 10.5 Å². The second-order valence-electron chi connectivity index (χ2n) is 4.75. The van der Waals surface area contributed by atoms with Gasteiger partial charge in [0.15, 0.2) is 11.5 Å². The molecule has 18 heavy (non-hydrogen) atoms. The summed E-state index contributed by atoms with van der Waals surface area (Å²) < 4.78 is 5.31. The van der Waals surface area contributed by atoms with Gasteiger partial charge in [0.05, 0.1) is 6.61 Å². The summed E-state index contributed by atoms with van der Waals surface area (Å²) in [6.07, 6.45) is 0. The Hall–Kier alpha value is -0.970. The van der Waals surface area contributed by atoms with Crippen LogP contribution in [0.2, 0.25) is 0 Å². The molecule has 0 spiro atoms. The predicted octanol–water partition coefficient (Wildman–Crippen LogP) is 2.23. The lowest BCUT2D eigenvalue weighted by atomic mass is 9.81. The summed E-state index contributed by atoms with van der Waals surface area (Å²) in [4.78, 5) is 0. The first-order valence-corrected chi connectivity index (χ1v) is 5.75. The van der Waals surface area contributed by atoms with E-state index in [-0.39, 0.29) is 24.8 Å². The molecule has 0 fully saturated rings. The number of halogens is 1. The highest BCUT2D eigenvalue weighted by molar-refractivity contribution is 5.85. The molecule has 1 aromatic carbocycles. The summed E-state index contributed by atoms with van der Waals surface area (Å²) in [6.45, 7) is 5.99. The number of aliphatic hydroxyl groups excluding tert-OH is 1. The van der Waals surface area contributed by atoms with Crippen LogP contribution in [0.1, 0.15) is 32.4 Å². The molecule has 1 rings (SSSR count). The average molecular weight is 276 g/mol. The van der Waals surface area contributed by atoms with E-state index in [1.807, 2.05) is 20.8 Å². The number of aromatic hydroxyl groups is 1. The zero-order chi connectivity index (χ0) is 13.1. The van der Waals surface area contributed by atoms with Crippen LogP contribution >= 0.6 is 12.4 Å². The number of para-hydroxylation sites is 1. The van der Waals surface area contributed by atoms with E-state index in [9.17, 15) is 10.2 Å². The van der Waals surface area contributed by atoms with Gasteiger partial charge in [-0.1, -0.05) is 26.0 Å².